The Morgan fingerprint density at radius 3 is 2.69 bits per heavy atom. The van der Waals surface area contributed by atoms with Crippen molar-refractivity contribution < 1.29 is 4.79 Å². The summed E-state index contributed by atoms with van der Waals surface area (Å²) in [5, 5.41) is 0.487. The molecule has 1 saturated heterocycles. The maximum absolute atomic E-state index is 13.1. The van der Waals surface area contributed by atoms with Gasteiger partial charge in [0.05, 0.1) is 16.9 Å². The van der Waals surface area contributed by atoms with E-state index in [2.05, 4.69) is 38.0 Å². The number of benzene rings is 2. The molecule has 1 atom stereocenters. The molecule has 3 aromatic rings. The van der Waals surface area contributed by atoms with Crippen molar-refractivity contribution in [2.75, 3.05) is 6.54 Å². The van der Waals surface area contributed by atoms with Gasteiger partial charge in [-0.15, -0.1) is 0 Å². The van der Waals surface area contributed by atoms with Gasteiger partial charge in [0.25, 0.3) is 11.5 Å². The molecule has 4 rings (SSSR count). The average molecular weight is 430 g/mol. The zero-order valence-electron chi connectivity index (χ0n) is 13.8. The molecule has 2 heterocycles. The third-order valence-electron chi connectivity index (χ3n) is 4.75. The SMILES string of the molecule is O=C(c1ccc2c(=O)[nH]c(=S)[nH]c2c1)N1CCCC1c1ccc(Br)cc1. The van der Waals surface area contributed by atoms with Gasteiger partial charge in [-0.25, -0.2) is 0 Å². The molecule has 5 nitrogen and oxygen atoms in total. The number of rotatable bonds is 2. The lowest BCUT2D eigenvalue weighted by Gasteiger charge is -2.25. The van der Waals surface area contributed by atoms with Gasteiger partial charge in [0.2, 0.25) is 0 Å². The van der Waals surface area contributed by atoms with Crippen molar-refractivity contribution in [2.24, 2.45) is 0 Å². The van der Waals surface area contributed by atoms with Crippen molar-refractivity contribution in [3.8, 4) is 0 Å². The van der Waals surface area contributed by atoms with E-state index in [1.54, 1.807) is 18.2 Å². The Bertz CT molecular complexity index is 1100. The normalized spacial score (nSPS) is 17.0. The van der Waals surface area contributed by atoms with Gasteiger partial charge in [-0.2, -0.15) is 0 Å². The van der Waals surface area contributed by atoms with Crippen molar-refractivity contribution in [1.82, 2.24) is 14.9 Å². The summed E-state index contributed by atoms with van der Waals surface area (Å²) in [5.74, 6) is -0.0306. The number of nitrogens with one attached hydrogen (secondary N) is 2. The Balaban J connectivity index is 1.70. The third kappa shape index (κ3) is 3.12. The molecule has 0 bridgehead atoms. The summed E-state index contributed by atoms with van der Waals surface area (Å²) >= 11 is 8.47. The van der Waals surface area contributed by atoms with Crippen LogP contribution in [0.4, 0.5) is 0 Å². The van der Waals surface area contributed by atoms with Gasteiger partial charge in [0, 0.05) is 16.6 Å². The minimum atomic E-state index is -0.253. The topological polar surface area (TPSA) is 69.0 Å². The van der Waals surface area contributed by atoms with Crippen LogP contribution in [0.25, 0.3) is 10.9 Å². The van der Waals surface area contributed by atoms with Gasteiger partial charge in [0.1, 0.15) is 0 Å². The van der Waals surface area contributed by atoms with Crippen molar-refractivity contribution in [2.45, 2.75) is 18.9 Å². The zero-order valence-corrected chi connectivity index (χ0v) is 16.2. The molecule has 1 fully saturated rings. The number of carbonyl (C=O) groups is 1. The van der Waals surface area contributed by atoms with Gasteiger partial charge in [-0.05, 0) is 61.0 Å². The minimum Gasteiger partial charge on any atom is -0.332 e. The molecule has 0 aliphatic carbocycles. The first-order valence-corrected chi connectivity index (χ1v) is 9.56. The maximum atomic E-state index is 13.1. The lowest BCUT2D eigenvalue weighted by atomic mass is 10.0. The fourth-order valence-corrected chi connectivity index (χ4v) is 3.98. The summed E-state index contributed by atoms with van der Waals surface area (Å²) in [5.41, 5.74) is 2.01. The fraction of sp³-hybridized carbons (Fsp3) is 0.211. The highest BCUT2D eigenvalue weighted by atomic mass is 79.9. The van der Waals surface area contributed by atoms with Gasteiger partial charge in [0.15, 0.2) is 4.77 Å². The van der Waals surface area contributed by atoms with E-state index in [4.69, 9.17) is 12.2 Å². The predicted octanol–water partition coefficient (Wildman–Crippen LogP) is 4.33. The van der Waals surface area contributed by atoms with Crippen LogP contribution in [0.5, 0.6) is 0 Å². The number of hydrogen-bond donors (Lipinski definition) is 2. The van der Waals surface area contributed by atoms with Crippen LogP contribution in [0.2, 0.25) is 0 Å². The van der Waals surface area contributed by atoms with E-state index < -0.39 is 0 Å². The van der Waals surface area contributed by atoms with E-state index >= 15 is 0 Å². The molecule has 2 aromatic carbocycles. The molecule has 1 aliphatic rings. The molecule has 1 unspecified atom stereocenters. The molecule has 2 N–H and O–H groups in total. The van der Waals surface area contributed by atoms with Gasteiger partial charge >= 0.3 is 0 Å². The highest BCUT2D eigenvalue weighted by Gasteiger charge is 2.30. The number of likely N-dealkylation sites (tertiary alicyclic amines) is 1. The first-order chi connectivity index (χ1) is 12.5. The fourth-order valence-electron chi connectivity index (χ4n) is 3.51. The van der Waals surface area contributed by atoms with E-state index in [9.17, 15) is 9.59 Å². The Labute approximate surface area is 163 Å². The van der Waals surface area contributed by atoms with Crippen LogP contribution >= 0.6 is 28.1 Å². The maximum Gasteiger partial charge on any atom is 0.259 e. The molecular weight excluding hydrogens is 414 g/mol. The summed E-state index contributed by atoms with van der Waals surface area (Å²) < 4.78 is 1.27. The average Bonchev–Trinajstić information content (AvgIpc) is 3.10. The number of amides is 1. The highest BCUT2D eigenvalue weighted by molar-refractivity contribution is 9.10. The van der Waals surface area contributed by atoms with Crippen LogP contribution in [0.1, 0.15) is 34.8 Å². The van der Waals surface area contributed by atoms with Crippen molar-refractivity contribution in [3.05, 3.63) is 73.2 Å². The number of fused-ring (bicyclic) bond motifs is 1. The molecule has 7 heteroatoms. The Hall–Kier alpha value is -2.25. The summed E-state index contributed by atoms with van der Waals surface area (Å²) in [6.07, 6.45) is 1.92. The van der Waals surface area contributed by atoms with Crippen LogP contribution in [0.3, 0.4) is 0 Å². The van der Waals surface area contributed by atoms with E-state index in [0.29, 0.717) is 16.5 Å². The number of aromatic amines is 2. The Morgan fingerprint density at radius 1 is 1.15 bits per heavy atom. The van der Waals surface area contributed by atoms with E-state index in [1.807, 2.05) is 17.0 Å². The number of H-pyrrole nitrogens is 2. The molecule has 1 aliphatic heterocycles. The number of nitrogens with zero attached hydrogens (tertiary/aromatic N) is 1. The van der Waals surface area contributed by atoms with Crippen LogP contribution in [-0.2, 0) is 0 Å². The molecule has 0 radical (unpaired) electrons. The first kappa shape index (κ1) is 17.2. The number of aromatic nitrogens is 2. The quantitative estimate of drug-likeness (QED) is 0.595. The van der Waals surface area contributed by atoms with Crippen LogP contribution in [-0.4, -0.2) is 27.3 Å². The standard InChI is InChI=1S/C19H16BrN3O2S/c20-13-6-3-11(4-7-13)16-2-1-9-23(16)18(25)12-5-8-14-15(10-12)21-19(26)22-17(14)24/h3-8,10,16H,1-2,9H2,(H2,21,22,24,26). The monoisotopic (exact) mass is 429 g/mol. The summed E-state index contributed by atoms with van der Waals surface area (Å²) in [4.78, 5) is 32.5. The second-order valence-corrected chi connectivity index (χ2v) is 7.70. The third-order valence-corrected chi connectivity index (χ3v) is 5.49. The first-order valence-electron chi connectivity index (χ1n) is 8.36. The number of halogens is 1. The summed E-state index contributed by atoms with van der Waals surface area (Å²) in [6, 6.07) is 13.3. The summed E-state index contributed by atoms with van der Waals surface area (Å²) in [7, 11) is 0. The molecule has 1 amide bonds. The smallest absolute Gasteiger partial charge is 0.259 e. The van der Waals surface area contributed by atoms with E-state index in [1.165, 1.54) is 0 Å². The predicted molar refractivity (Wildman–Crippen MR) is 107 cm³/mol. The number of hydrogen-bond acceptors (Lipinski definition) is 3. The van der Waals surface area contributed by atoms with Gasteiger partial charge < -0.3 is 9.88 Å². The van der Waals surface area contributed by atoms with Crippen molar-refractivity contribution in [3.63, 3.8) is 0 Å². The van der Waals surface area contributed by atoms with Gasteiger partial charge in [-0.3, -0.25) is 14.6 Å². The Morgan fingerprint density at radius 2 is 1.92 bits per heavy atom. The molecule has 26 heavy (non-hydrogen) atoms. The molecule has 0 saturated carbocycles. The highest BCUT2D eigenvalue weighted by Crippen LogP contribution is 2.33. The second kappa shape index (κ2) is 6.81. The molecule has 0 spiro atoms. The van der Waals surface area contributed by atoms with Gasteiger partial charge in [-0.1, -0.05) is 28.1 Å². The Kier molecular flexibility index (Phi) is 4.50. The van der Waals surface area contributed by atoms with Crippen LogP contribution < -0.4 is 5.56 Å². The van der Waals surface area contributed by atoms with Crippen molar-refractivity contribution in [1.29, 1.82) is 0 Å². The zero-order chi connectivity index (χ0) is 18.3. The van der Waals surface area contributed by atoms with Crippen LogP contribution in [0, 0.1) is 4.77 Å². The summed E-state index contributed by atoms with van der Waals surface area (Å²) in [6.45, 7) is 0.725. The second-order valence-electron chi connectivity index (χ2n) is 6.38. The lowest BCUT2D eigenvalue weighted by molar-refractivity contribution is 0.0736. The largest absolute Gasteiger partial charge is 0.332 e. The molecule has 132 valence electrons. The minimum absolute atomic E-state index is 0.0306. The van der Waals surface area contributed by atoms with Crippen LogP contribution in [0.15, 0.2) is 51.7 Å². The van der Waals surface area contributed by atoms with E-state index in [0.717, 1.165) is 29.4 Å². The number of carbonyl (C=O) groups excluding carboxylic acids is 1. The molecule has 1 aromatic heterocycles. The van der Waals surface area contributed by atoms with E-state index in [-0.39, 0.29) is 22.3 Å². The molecular formula is C19H16BrN3O2S. The lowest BCUT2D eigenvalue weighted by Crippen LogP contribution is -2.30. The van der Waals surface area contributed by atoms with Crippen molar-refractivity contribution >= 4 is 45.0 Å².